The van der Waals surface area contributed by atoms with Gasteiger partial charge in [-0.2, -0.15) is 19.0 Å². The van der Waals surface area contributed by atoms with Crippen molar-refractivity contribution in [2.45, 2.75) is 26.0 Å². The van der Waals surface area contributed by atoms with Crippen molar-refractivity contribution in [2.24, 2.45) is 5.92 Å². The Kier molecular flexibility index (Phi) is 7.09. The zero-order valence-electron chi connectivity index (χ0n) is 19.8. The van der Waals surface area contributed by atoms with Gasteiger partial charge in [0.15, 0.2) is 5.65 Å². The van der Waals surface area contributed by atoms with Gasteiger partial charge in [-0.3, -0.25) is 14.3 Å². The van der Waals surface area contributed by atoms with E-state index in [1.807, 2.05) is 0 Å². The number of nitrogens with one attached hydrogen (secondary N) is 1. The highest BCUT2D eigenvalue weighted by atomic mass is 35.5. The molecule has 3 aromatic heterocycles. The van der Waals surface area contributed by atoms with Crippen molar-refractivity contribution in [2.75, 3.05) is 18.4 Å². The normalized spacial score (nSPS) is 14.3. The molecule has 0 spiro atoms. The third-order valence-corrected chi connectivity index (χ3v) is 6.45. The maximum atomic E-state index is 13.2. The summed E-state index contributed by atoms with van der Waals surface area (Å²) in [5.41, 5.74) is 1.82. The second kappa shape index (κ2) is 10.6. The van der Waals surface area contributed by atoms with Gasteiger partial charge in [-0.05, 0) is 37.1 Å². The number of hydrogen-bond acceptors (Lipinski definition) is 7. The van der Waals surface area contributed by atoms with Crippen LogP contribution < -0.4 is 10.1 Å². The average Bonchev–Trinajstić information content (AvgIpc) is 3.49. The average molecular weight is 546 g/mol. The Morgan fingerprint density at radius 1 is 1.24 bits per heavy atom. The first kappa shape index (κ1) is 25.4. The van der Waals surface area contributed by atoms with Crippen molar-refractivity contribution < 1.29 is 28.2 Å². The van der Waals surface area contributed by atoms with Gasteiger partial charge in [0.2, 0.25) is 5.91 Å². The molecule has 1 fully saturated rings. The van der Waals surface area contributed by atoms with Gasteiger partial charge >= 0.3 is 12.6 Å². The summed E-state index contributed by atoms with van der Waals surface area (Å²) < 4.78 is 34.0. The standard InChI is InChI=1S/C24H22ClF2N7O4/c25-15-2-3-19(38-24(26)27)16(10-15)21-18(30-17-11-29-34-7-1-6-28-22(17)34)12-33(31-21)13-20(35)32-8-4-14(5-9-32)23(36)37/h1-3,6-7,10-12,14,24,30H,4-5,8-9,13H2,(H,36,37). The molecular weight excluding hydrogens is 524 g/mol. The molecule has 14 heteroatoms. The number of aromatic nitrogens is 5. The summed E-state index contributed by atoms with van der Waals surface area (Å²) in [5.74, 6) is -1.73. The van der Waals surface area contributed by atoms with Gasteiger partial charge in [0.25, 0.3) is 0 Å². The number of likely N-dealkylation sites (tertiary alicyclic amines) is 1. The first-order valence-electron chi connectivity index (χ1n) is 11.7. The summed E-state index contributed by atoms with van der Waals surface area (Å²) in [5, 5.41) is 21.4. The van der Waals surface area contributed by atoms with Crippen LogP contribution in [0.25, 0.3) is 16.9 Å². The summed E-state index contributed by atoms with van der Waals surface area (Å²) in [7, 11) is 0. The zero-order chi connectivity index (χ0) is 26.8. The van der Waals surface area contributed by atoms with E-state index in [0.29, 0.717) is 43.0 Å². The molecule has 1 amide bonds. The topological polar surface area (TPSA) is 127 Å². The van der Waals surface area contributed by atoms with E-state index >= 15 is 0 Å². The fourth-order valence-electron chi connectivity index (χ4n) is 4.35. The van der Waals surface area contributed by atoms with E-state index in [4.69, 9.17) is 16.3 Å². The molecule has 38 heavy (non-hydrogen) atoms. The van der Waals surface area contributed by atoms with Gasteiger partial charge in [-0.25, -0.2) is 9.50 Å². The number of hydrogen-bond donors (Lipinski definition) is 2. The minimum absolute atomic E-state index is 0.141. The van der Waals surface area contributed by atoms with E-state index in [-0.39, 0.29) is 34.5 Å². The molecule has 0 aliphatic carbocycles. The molecule has 0 radical (unpaired) electrons. The number of ether oxygens (including phenoxy) is 1. The summed E-state index contributed by atoms with van der Waals surface area (Å²) >= 11 is 6.18. The molecule has 1 aliphatic heterocycles. The summed E-state index contributed by atoms with van der Waals surface area (Å²) in [6.07, 6.45) is 7.18. The highest BCUT2D eigenvalue weighted by Crippen LogP contribution is 2.38. The van der Waals surface area contributed by atoms with Gasteiger partial charge in [0, 0.05) is 42.3 Å². The third-order valence-electron chi connectivity index (χ3n) is 6.22. The highest BCUT2D eigenvalue weighted by Gasteiger charge is 2.28. The van der Waals surface area contributed by atoms with E-state index < -0.39 is 18.5 Å². The first-order valence-corrected chi connectivity index (χ1v) is 12.0. The minimum Gasteiger partial charge on any atom is -0.481 e. The van der Waals surface area contributed by atoms with Crippen LogP contribution in [0.1, 0.15) is 12.8 Å². The number of amides is 1. The first-order chi connectivity index (χ1) is 18.3. The van der Waals surface area contributed by atoms with Crippen LogP contribution >= 0.6 is 11.6 Å². The Morgan fingerprint density at radius 3 is 2.76 bits per heavy atom. The van der Waals surface area contributed by atoms with Crippen molar-refractivity contribution in [3.05, 3.63) is 54.1 Å². The van der Waals surface area contributed by atoms with Crippen LogP contribution in [-0.4, -0.2) is 66.0 Å². The number of piperidine rings is 1. The summed E-state index contributed by atoms with van der Waals surface area (Å²) in [4.78, 5) is 30.1. The SMILES string of the molecule is O=C(O)C1CCN(C(=O)Cn2cc(Nc3cnn4cccnc34)c(-c3cc(Cl)ccc3OC(F)F)n2)CC1. The number of carbonyl (C=O) groups is 2. The van der Waals surface area contributed by atoms with Gasteiger partial charge in [0.1, 0.15) is 23.7 Å². The molecule has 0 bridgehead atoms. The van der Waals surface area contributed by atoms with Gasteiger partial charge < -0.3 is 20.1 Å². The molecule has 0 saturated carbocycles. The number of anilines is 2. The lowest BCUT2D eigenvalue weighted by atomic mass is 9.97. The van der Waals surface area contributed by atoms with Crippen LogP contribution in [0.15, 0.2) is 49.1 Å². The van der Waals surface area contributed by atoms with Crippen LogP contribution in [0, 0.1) is 5.92 Å². The van der Waals surface area contributed by atoms with E-state index in [1.165, 1.54) is 22.9 Å². The summed E-state index contributed by atoms with van der Waals surface area (Å²) in [6.45, 7) is -2.58. The van der Waals surface area contributed by atoms with Gasteiger partial charge in [0.05, 0.1) is 17.8 Å². The second-order valence-corrected chi connectivity index (χ2v) is 9.11. The smallest absolute Gasteiger partial charge is 0.387 e. The summed E-state index contributed by atoms with van der Waals surface area (Å²) in [6, 6.07) is 5.91. The fourth-order valence-corrected chi connectivity index (χ4v) is 4.53. The Morgan fingerprint density at radius 2 is 2.03 bits per heavy atom. The zero-order valence-corrected chi connectivity index (χ0v) is 20.6. The molecule has 5 rings (SSSR count). The molecule has 0 unspecified atom stereocenters. The molecule has 1 saturated heterocycles. The molecule has 4 heterocycles. The number of aliphatic carboxylic acids is 1. The molecule has 198 valence electrons. The number of benzene rings is 1. The second-order valence-electron chi connectivity index (χ2n) is 8.67. The highest BCUT2D eigenvalue weighted by molar-refractivity contribution is 6.31. The number of nitrogens with zero attached hydrogens (tertiary/aromatic N) is 6. The van der Waals surface area contributed by atoms with Crippen LogP contribution in [0.5, 0.6) is 5.75 Å². The van der Waals surface area contributed by atoms with Crippen LogP contribution in [0.3, 0.4) is 0 Å². The Labute approximate surface area is 219 Å². The van der Waals surface area contributed by atoms with E-state index in [9.17, 15) is 23.5 Å². The van der Waals surface area contributed by atoms with Crippen molar-refractivity contribution in [3.8, 4) is 17.0 Å². The minimum atomic E-state index is -3.08. The molecule has 1 aromatic carbocycles. The number of alkyl halides is 2. The number of carboxylic acids is 1. The number of carbonyl (C=O) groups excluding carboxylic acids is 1. The molecule has 4 aromatic rings. The molecule has 11 nitrogen and oxygen atoms in total. The molecule has 2 N–H and O–H groups in total. The van der Waals surface area contributed by atoms with E-state index in [1.54, 1.807) is 40.3 Å². The van der Waals surface area contributed by atoms with E-state index in [0.717, 1.165) is 0 Å². The molecule has 1 aliphatic rings. The lowest BCUT2D eigenvalue weighted by Crippen LogP contribution is -2.41. The third kappa shape index (κ3) is 5.37. The predicted molar refractivity (Wildman–Crippen MR) is 133 cm³/mol. The number of rotatable bonds is 8. The van der Waals surface area contributed by atoms with Gasteiger partial charge in [-0.1, -0.05) is 11.6 Å². The number of halogens is 3. The van der Waals surface area contributed by atoms with Crippen molar-refractivity contribution in [1.82, 2.24) is 29.3 Å². The Bertz CT molecular complexity index is 1480. The predicted octanol–water partition coefficient (Wildman–Crippen LogP) is 3.91. The maximum Gasteiger partial charge on any atom is 0.387 e. The van der Waals surface area contributed by atoms with E-state index in [2.05, 4.69) is 20.5 Å². The fraction of sp³-hybridized carbons (Fsp3) is 0.292. The lowest BCUT2D eigenvalue weighted by molar-refractivity contribution is -0.145. The van der Waals surface area contributed by atoms with Crippen LogP contribution in [-0.2, 0) is 16.1 Å². The maximum absolute atomic E-state index is 13.2. The van der Waals surface area contributed by atoms with Crippen molar-refractivity contribution in [3.63, 3.8) is 0 Å². The van der Waals surface area contributed by atoms with Crippen LogP contribution in [0.2, 0.25) is 5.02 Å². The monoisotopic (exact) mass is 545 g/mol. The number of fused-ring (bicyclic) bond motifs is 1. The van der Waals surface area contributed by atoms with Gasteiger partial charge in [-0.15, -0.1) is 0 Å². The van der Waals surface area contributed by atoms with Crippen molar-refractivity contribution >= 4 is 40.5 Å². The van der Waals surface area contributed by atoms with Crippen molar-refractivity contribution in [1.29, 1.82) is 0 Å². The molecular formula is C24H22ClF2N7O4. The molecule has 0 atom stereocenters. The van der Waals surface area contributed by atoms with Crippen LogP contribution in [0.4, 0.5) is 20.2 Å². The number of carboxylic acid groups (broad SMARTS) is 1. The lowest BCUT2D eigenvalue weighted by Gasteiger charge is -2.30. The largest absolute Gasteiger partial charge is 0.481 e. The Hall–Kier alpha value is -4.26. The Balaban J connectivity index is 1.48. The quantitative estimate of drug-likeness (QED) is 0.341.